The lowest BCUT2D eigenvalue weighted by Gasteiger charge is -2.27. The van der Waals surface area contributed by atoms with Crippen molar-refractivity contribution in [1.29, 1.82) is 0 Å². The van der Waals surface area contributed by atoms with Gasteiger partial charge >= 0.3 is 0 Å². The van der Waals surface area contributed by atoms with Crippen LogP contribution in [0.1, 0.15) is 26.7 Å². The molecule has 0 aromatic carbocycles. The third kappa shape index (κ3) is 1.88. The largest absolute Gasteiger partial charge is 0.394 e. The highest BCUT2D eigenvalue weighted by molar-refractivity contribution is 6.02. The van der Waals surface area contributed by atoms with Crippen LogP contribution in [0.5, 0.6) is 0 Å². The molecule has 1 fully saturated rings. The molecule has 0 aliphatic carbocycles. The topological polar surface area (TPSA) is 57.6 Å². The molecule has 0 bridgehead atoms. The number of carbonyl (C=O) groups excluding carboxylic acids is 2. The third-order valence-corrected chi connectivity index (χ3v) is 2.38. The van der Waals surface area contributed by atoms with Gasteiger partial charge in [-0.15, -0.1) is 0 Å². The molecule has 4 nitrogen and oxygen atoms in total. The quantitative estimate of drug-likeness (QED) is 0.637. The summed E-state index contributed by atoms with van der Waals surface area (Å²) in [5.41, 5.74) is 0. The fourth-order valence-corrected chi connectivity index (χ4v) is 1.55. The first-order valence-electron chi connectivity index (χ1n) is 4.53. The zero-order valence-electron chi connectivity index (χ0n) is 7.99. The van der Waals surface area contributed by atoms with E-state index in [0.29, 0.717) is 12.8 Å². The van der Waals surface area contributed by atoms with Crippen LogP contribution >= 0.6 is 0 Å². The smallest absolute Gasteiger partial charge is 0.230 e. The predicted octanol–water partition coefficient (Wildman–Crippen LogP) is 0.152. The van der Waals surface area contributed by atoms with Gasteiger partial charge in [0.05, 0.1) is 12.6 Å². The van der Waals surface area contributed by atoms with Crippen molar-refractivity contribution in [2.45, 2.75) is 32.7 Å². The molecule has 1 rings (SSSR count). The lowest BCUT2D eigenvalue weighted by atomic mass is 10.0. The molecule has 1 aliphatic heterocycles. The maximum absolute atomic E-state index is 11.3. The van der Waals surface area contributed by atoms with Gasteiger partial charge in [-0.25, -0.2) is 0 Å². The molecule has 0 aromatic rings. The fourth-order valence-electron chi connectivity index (χ4n) is 1.55. The van der Waals surface area contributed by atoms with Gasteiger partial charge in [-0.1, -0.05) is 13.8 Å². The number of nitrogens with zero attached hydrogens (tertiary/aromatic N) is 1. The van der Waals surface area contributed by atoms with Gasteiger partial charge in [0.1, 0.15) is 0 Å². The lowest BCUT2D eigenvalue weighted by molar-refractivity contribution is -0.143. The molecular formula is C9H15NO3. The zero-order valence-corrected chi connectivity index (χ0v) is 7.99. The molecule has 0 spiro atoms. The minimum atomic E-state index is -0.345. The highest BCUT2D eigenvalue weighted by Gasteiger charge is 2.35. The number of carbonyl (C=O) groups is 2. The Morgan fingerprint density at radius 2 is 1.77 bits per heavy atom. The minimum Gasteiger partial charge on any atom is -0.394 e. The van der Waals surface area contributed by atoms with Crippen molar-refractivity contribution in [3.8, 4) is 0 Å². The number of likely N-dealkylation sites (tertiary alicyclic amines) is 1. The van der Waals surface area contributed by atoms with Crippen LogP contribution in [0.2, 0.25) is 0 Å². The third-order valence-electron chi connectivity index (χ3n) is 2.38. The maximum atomic E-state index is 11.3. The van der Waals surface area contributed by atoms with Crippen LogP contribution in [0.3, 0.4) is 0 Å². The summed E-state index contributed by atoms with van der Waals surface area (Å²) in [4.78, 5) is 23.8. The van der Waals surface area contributed by atoms with Crippen LogP contribution < -0.4 is 0 Å². The summed E-state index contributed by atoms with van der Waals surface area (Å²) < 4.78 is 0. The molecular weight excluding hydrogens is 170 g/mol. The van der Waals surface area contributed by atoms with Gasteiger partial charge in [0, 0.05) is 12.8 Å². The molecule has 0 aromatic heterocycles. The molecule has 74 valence electrons. The van der Waals surface area contributed by atoms with E-state index in [0.717, 1.165) is 0 Å². The molecule has 4 heteroatoms. The Balaban J connectivity index is 2.77. The SMILES string of the molecule is CC(C)[C@H](CO)N1C(=O)CCC1=O. The average Bonchev–Trinajstić information content (AvgIpc) is 2.36. The molecule has 0 radical (unpaired) electrons. The molecule has 1 N–H and O–H groups in total. The highest BCUT2D eigenvalue weighted by atomic mass is 16.3. The number of amides is 2. The summed E-state index contributed by atoms with van der Waals surface area (Å²) in [6.45, 7) is 3.63. The van der Waals surface area contributed by atoms with E-state index in [2.05, 4.69) is 0 Å². The summed E-state index contributed by atoms with van der Waals surface area (Å²) in [6, 6.07) is -0.345. The Bertz CT molecular complexity index is 209. The number of rotatable bonds is 3. The van der Waals surface area contributed by atoms with E-state index in [1.54, 1.807) is 0 Å². The second-order valence-electron chi connectivity index (χ2n) is 3.65. The Hall–Kier alpha value is -0.900. The van der Waals surface area contributed by atoms with Crippen LogP contribution in [-0.2, 0) is 9.59 Å². The Morgan fingerprint density at radius 3 is 2.08 bits per heavy atom. The van der Waals surface area contributed by atoms with Crippen molar-refractivity contribution in [2.75, 3.05) is 6.61 Å². The standard InChI is InChI=1S/C9H15NO3/c1-6(2)7(5-11)10-8(12)3-4-9(10)13/h6-7,11H,3-5H2,1-2H3/t7-/m0/s1. The Morgan fingerprint density at radius 1 is 1.31 bits per heavy atom. The Labute approximate surface area is 77.5 Å². The van der Waals surface area contributed by atoms with Crippen LogP contribution in [-0.4, -0.2) is 34.5 Å². The molecule has 13 heavy (non-hydrogen) atoms. The first-order chi connectivity index (χ1) is 6.07. The first kappa shape index (κ1) is 10.2. The van der Waals surface area contributed by atoms with E-state index < -0.39 is 0 Å². The van der Waals surface area contributed by atoms with Gasteiger partial charge in [0.2, 0.25) is 11.8 Å². The van der Waals surface area contributed by atoms with Crippen molar-refractivity contribution < 1.29 is 14.7 Å². The lowest BCUT2D eigenvalue weighted by Crippen LogP contribution is -2.44. The highest BCUT2D eigenvalue weighted by Crippen LogP contribution is 2.19. The summed E-state index contributed by atoms with van der Waals surface area (Å²) in [6.07, 6.45) is 0.587. The van der Waals surface area contributed by atoms with Crippen LogP contribution in [0.25, 0.3) is 0 Å². The number of aliphatic hydroxyl groups is 1. The van der Waals surface area contributed by atoms with Gasteiger partial charge in [-0.05, 0) is 5.92 Å². The Kier molecular flexibility index (Phi) is 3.03. The van der Waals surface area contributed by atoms with Crippen molar-refractivity contribution in [2.24, 2.45) is 5.92 Å². The van der Waals surface area contributed by atoms with Gasteiger partial charge in [-0.2, -0.15) is 0 Å². The second kappa shape index (κ2) is 3.87. The van der Waals surface area contributed by atoms with Gasteiger partial charge < -0.3 is 5.11 Å². The summed E-state index contributed by atoms with van der Waals surface area (Å²) in [5, 5.41) is 9.05. The van der Waals surface area contributed by atoms with Crippen molar-refractivity contribution in [3.63, 3.8) is 0 Å². The van der Waals surface area contributed by atoms with E-state index in [-0.39, 0.29) is 30.4 Å². The molecule has 0 unspecified atom stereocenters. The van der Waals surface area contributed by atoms with Crippen LogP contribution in [0.4, 0.5) is 0 Å². The van der Waals surface area contributed by atoms with E-state index >= 15 is 0 Å². The van der Waals surface area contributed by atoms with Crippen molar-refractivity contribution >= 4 is 11.8 Å². The number of imide groups is 1. The van der Waals surface area contributed by atoms with Crippen LogP contribution in [0, 0.1) is 5.92 Å². The van der Waals surface area contributed by atoms with Gasteiger partial charge in [0.15, 0.2) is 0 Å². The monoisotopic (exact) mass is 185 g/mol. The van der Waals surface area contributed by atoms with E-state index in [1.807, 2.05) is 13.8 Å². The molecule has 1 heterocycles. The van der Waals surface area contributed by atoms with Crippen molar-refractivity contribution in [3.05, 3.63) is 0 Å². The van der Waals surface area contributed by atoms with Crippen molar-refractivity contribution in [1.82, 2.24) is 4.90 Å². The van der Waals surface area contributed by atoms with E-state index in [9.17, 15) is 9.59 Å². The molecule has 1 aliphatic rings. The van der Waals surface area contributed by atoms with Gasteiger partial charge in [0.25, 0.3) is 0 Å². The van der Waals surface area contributed by atoms with Gasteiger partial charge in [-0.3, -0.25) is 14.5 Å². The summed E-state index contributed by atoms with van der Waals surface area (Å²) in [7, 11) is 0. The molecule has 0 saturated carbocycles. The predicted molar refractivity (Wildman–Crippen MR) is 46.8 cm³/mol. The normalized spacial score (nSPS) is 20.2. The van der Waals surface area contributed by atoms with Crippen LogP contribution in [0.15, 0.2) is 0 Å². The summed E-state index contributed by atoms with van der Waals surface area (Å²) in [5.74, 6) is -0.202. The zero-order chi connectivity index (χ0) is 10.0. The number of aliphatic hydroxyl groups excluding tert-OH is 1. The summed E-state index contributed by atoms with van der Waals surface area (Å²) >= 11 is 0. The van der Waals surface area contributed by atoms with E-state index in [4.69, 9.17) is 5.11 Å². The minimum absolute atomic E-state index is 0.107. The molecule has 2 amide bonds. The molecule has 1 saturated heterocycles. The number of hydrogen-bond donors (Lipinski definition) is 1. The number of hydrogen-bond acceptors (Lipinski definition) is 3. The fraction of sp³-hybridized carbons (Fsp3) is 0.778. The average molecular weight is 185 g/mol. The molecule has 1 atom stereocenters. The maximum Gasteiger partial charge on any atom is 0.230 e. The second-order valence-corrected chi connectivity index (χ2v) is 3.65. The first-order valence-corrected chi connectivity index (χ1v) is 4.53. The van der Waals surface area contributed by atoms with E-state index in [1.165, 1.54) is 4.90 Å².